The second-order valence-electron chi connectivity index (χ2n) is 11.0. The molecule has 0 spiro atoms. The standard InChI is InChI=1S/C30H40N6O/c1-21(2)28(29(31)37)34-30-25-10-6-7-11-26(25)32-27(33-30)20-35-16-18-36(19-17-35)24-14-12-23(13-15-24)22-8-4-3-5-9-22/h3-11,21,23-24,28H,12-20H2,1-2H3,(H2,31,37)(H,32,33,34)/t23?,24?,28-/m0/s1. The van der Waals surface area contributed by atoms with Gasteiger partial charge in [-0.05, 0) is 55.2 Å². The molecule has 2 aliphatic rings. The van der Waals surface area contributed by atoms with Gasteiger partial charge in [-0.15, -0.1) is 0 Å². The second-order valence-corrected chi connectivity index (χ2v) is 11.0. The first kappa shape index (κ1) is 25.6. The van der Waals surface area contributed by atoms with Crippen molar-refractivity contribution < 1.29 is 4.79 Å². The van der Waals surface area contributed by atoms with Crippen LogP contribution in [0.4, 0.5) is 5.82 Å². The summed E-state index contributed by atoms with van der Waals surface area (Å²) in [6.07, 6.45) is 5.16. The Morgan fingerprint density at radius 2 is 1.62 bits per heavy atom. The van der Waals surface area contributed by atoms with E-state index in [1.807, 2.05) is 38.1 Å². The van der Waals surface area contributed by atoms with Crippen molar-refractivity contribution in [2.45, 2.75) is 64.1 Å². The zero-order chi connectivity index (χ0) is 25.8. The van der Waals surface area contributed by atoms with Gasteiger partial charge in [-0.3, -0.25) is 14.6 Å². The number of fused-ring (bicyclic) bond motifs is 1. The molecule has 37 heavy (non-hydrogen) atoms. The predicted octanol–water partition coefficient (Wildman–Crippen LogP) is 4.40. The highest BCUT2D eigenvalue weighted by Crippen LogP contribution is 2.35. The number of benzene rings is 2. The molecule has 1 aliphatic heterocycles. The summed E-state index contributed by atoms with van der Waals surface area (Å²) in [7, 11) is 0. The normalized spacial score (nSPS) is 22.2. The van der Waals surface area contributed by atoms with Gasteiger partial charge >= 0.3 is 0 Å². The number of nitrogens with zero attached hydrogens (tertiary/aromatic N) is 4. The van der Waals surface area contributed by atoms with Crippen molar-refractivity contribution in [2.75, 3.05) is 31.5 Å². The van der Waals surface area contributed by atoms with E-state index in [9.17, 15) is 4.79 Å². The maximum atomic E-state index is 12.0. The summed E-state index contributed by atoms with van der Waals surface area (Å²) in [5.74, 6) is 1.88. The summed E-state index contributed by atoms with van der Waals surface area (Å²) >= 11 is 0. The van der Waals surface area contributed by atoms with E-state index in [-0.39, 0.29) is 11.8 Å². The molecule has 1 saturated heterocycles. The average Bonchev–Trinajstić information content (AvgIpc) is 2.92. The topological polar surface area (TPSA) is 87.4 Å². The number of nitrogens with two attached hydrogens (primary N) is 1. The molecule has 7 nitrogen and oxygen atoms in total. The van der Waals surface area contributed by atoms with Crippen molar-refractivity contribution in [3.63, 3.8) is 0 Å². The quantitative estimate of drug-likeness (QED) is 0.477. The first-order valence-electron chi connectivity index (χ1n) is 13.8. The number of nitrogens with one attached hydrogen (secondary N) is 1. The highest BCUT2D eigenvalue weighted by atomic mass is 16.1. The van der Waals surface area contributed by atoms with Crippen LogP contribution in [0.2, 0.25) is 0 Å². The number of anilines is 1. The summed E-state index contributed by atoms with van der Waals surface area (Å²) in [5, 5.41) is 4.22. The number of piperazine rings is 1. The van der Waals surface area contributed by atoms with Crippen molar-refractivity contribution in [2.24, 2.45) is 11.7 Å². The lowest BCUT2D eigenvalue weighted by atomic mass is 9.81. The smallest absolute Gasteiger partial charge is 0.240 e. The van der Waals surface area contributed by atoms with Crippen molar-refractivity contribution in [1.82, 2.24) is 19.8 Å². The van der Waals surface area contributed by atoms with E-state index in [0.29, 0.717) is 18.4 Å². The highest BCUT2D eigenvalue weighted by Gasteiger charge is 2.29. The molecule has 7 heteroatoms. The second kappa shape index (κ2) is 11.6. The van der Waals surface area contributed by atoms with Crippen LogP contribution in [0.5, 0.6) is 0 Å². The molecule has 2 aromatic carbocycles. The van der Waals surface area contributed by atoms with Crippen LogP contribution >= 0.6 is 0 Å². The lowest BCUT2D eigenvalue weighted by molar-refractivity contribution is -0.119. The molecule has 1 saturated carbocycles. The molecule has 2 heterocycles. The molecule has 1 aliphatic carbocycles. The zero-order valence-electron chi connectivity index (χ0n) is 22.1. The monoisotopic (exact) mass is 500 g/mol. The molecular formula is C30H40N6O. The number of hydrogen-bond donors (Lipinski definition) is 2. The minimum atomic E-state index is -0.480. The van der Waals surface area contributed by atoms with Gasteiger partial charge in [0, 0.05) is 37.6 Å². The maximum Gasteiger partial charge on any atom is 0.240 e. The fraction of sp³-hybridized carbons (Fsp3) is 0.500. The number of amides is 1. The Morgan fingerprint density at radius 1 is 0.946 bits per heavy atom. The lowest BCUT2D eigenvalue weighted by Gasteiger charge is -2.42. The first-order valence-corrected chi connectivity index (χ1v) is 13.8. The number of para-hydroxylation sites is 1. The number of aromatic nitrogens is 2. The number of hydrogen-bond acceptors (Lipinski definition) is 6. The van der Waals surface area contributed by atoms with E-state index in [2.05, 4.69) is 45.4 Å². The van der Waals surface area contributed by atoms with Crippen LogP contribution in [0, 0.1) is 5.92 Å². The van der Waals surface area contributed by atoms with E-state index >= 15 is 0 Å². The Bertz CT molecular complexity index is 1180. The molecule has 0 radical (unpaired) electrons. The van der Waals surface area contributed by atoms with Gasteiger partial charge in [-0.2, -0.15) is 0 Å². The van der Waals surface area contributed by atoms with Crippen LogP contribution in [0.15, 0.2) is 54.6 Å². The van der Waals surface area contributed by atoms with E-state index in [0.717, 1.165) is 48.8 Å². The van der Waals surface area contributed by atoms with Gasteiger partial charge in [-0.25, -0.2) is 9.97 Å². The van der Waals surface area contributed by atoms with Crippen LogP contribution in [-0.4, -0.2) is 63.9 Å². The number of rotatable bonds is 8. The molecule has 3 N–H and O–H groups in total. The maximum absolute atomic E-state index is 12.0. The number of carbonyl (C=O) groups excluding carboxylic acids is 1. The van der Waals surface area contributed by atoms with Crippen LogP contribution < -0.4 is 11.1 Å². The molecule has 196 valence electrons. The molecule has 2 fully saturated rings. The molecule has 5 rings (SSSR count). The Balaban J connectivity index is 1.20. The van der Waals surface area contributed by atoms with Crippen molar-refractivity contribution in [1.29, 1.82) is 0 Å². The molecule has 1 atom stereocenters. The fourth-order valence-electron chi connectivity index (χ4n) is 6.01. The Hall–Kier alpha value is -3.03. The number of primary amides is 1. The van der Waals surface area contributed by atoms with Crippen LogP contribution in [0.1, 0.15) is 56.8 Å². The third-order valence-electron chi connectivity index (χ3n) is 8.17. The van der Waals surface area contributed by atoms with Gasteiger partial charge in [0.05, 0.1) is 12.1 Å². The fourth-order valence-corrected chi connectivity index (χ4v) is 6.01. The van der Waals surface area contributed by atoms with E-state index in [1.165, 1.54) is 31.2 Å². The minimum Gasteiger partial charge on any atom is -0.368 e. The van der Waals surface area contributed by atoms with E-state index in [4.69, 9.17) is 15.7 Å². The van der Waals surface area contributed by atoms with Gasteiger partial charge in [0.1, 0.15) is 17.7 Å². The van der Waals surface area contributed by atoms with Crippen LogP contribution in [0.25, 0.3) is 10.9 Å². The van der Waals surface area contributed by atoms with Gasteiger partial charge in [0.2, 0.25) is 5.91 Å². The van der Waals surface area contributed by atoms with E-state index < -0.39 is 6.04 Å². The summed E-state index contributed by atoms with van der Waals surface area (Å²) < 4.78 is 0. The molecule has 0 bridgehead atoms. The molecule has 1 amide bonds. The molecule has 1 aromatic heterocycles. The average molecular weight is 501 g/mol. The lowest BCUT2D eigenvalue weighted by Crippen LogP contribution is -2.50. The third-order valence-corrected chi connectivity index (χ3v) is 8.17. The summed E-state index contributed by atoms with van der Waals surface area (Å²) in [4.78, 5) is 26.9. The van der Waals surface area contributed by atoms with Crippen molar-refractivity contribution >= 4 is 22.6 Å². The predicted molar refractivity (Wildman–Crippen MR) is 149 cm³/mol. The summed E-state index contributed by atoms with van der Waals surface area (Å²) in [6, 6.07) is 19.2. The van der Waals surface area contributed by atoms with Crippen molar-refractivity contribution in [3.8, 4) is 0 Å². The third kappa shape index (κ3) is 6.11. The first-order chi connectivity index (χ1) is 18.0. The zero-order valence-corrected chi connectivity index (χ0v) is 22.1. The highest BCUT2D eigenvalue weighted by molar-refractivity contribution is 5.91. The molecule has 0 unspecified atom stereocenters. The van der Waals surface area contributed by atoms with Gasteiger partial charge in [-0.1, -0.05) is 56.3 Å². The van der Waals surface area contributed by atoms with Gasteiger partial charge < -0.3 is 11.1 Å². The molecule has 3 aromatic rings. The van der Waals surface area contributed by atoms with Crippen LogP contribution in [0.3, 0.4) is 0 Å². The Kier molecular flexibility index (Phi) is 8.01. The molecular weight excluding hydrogens is 460 g/mol. The SMILES string of the molecule is CC(C)[C@H](Nc1nc(CN2CCN(C3CCC(c4ccccc4)CC3)CC2)nc2ccccc12)C(N)=O. The number of carbonyl (C=O) groups is 1. The Labute approximate surface area is 220 Å². The van der Waals surface area contributed by atoms with Crippen molar-refractivity contribution in [3.05, 3.63) is 66.0 Å². The minimum absolute atomic E-state index is 0.0607. The van der Waals surface area contributed by atoms with E-state index in [1.54, 1.807) is 0 Å². The van der Waals surface area contributed by atoms with Gasteiger partial charge in [0.25, 0.3) is 0 Å². The Morgan fingerprint density at radius 3 is 2.30 bits per heavy atom. The summed E-state index contributed by atoms with van der Waals surface area (Å²) in [6.45, 7) is 8.91. The largest absolute Gasteiger partial charge is 0.368 e. The van der Waals surface area contributed by atoms with Crippen LogP contribution in [-0.2, 0) is 11.3 Å². The summed E-state index contributed by atoms with van der Waals surface area (Å²) in [5.41, 5.74) is 8.06. The van der Waals surface area contributed by atoms with Gasteiger partial charge in [0.15, 0.2) is 0 Å².